The van der Waals surface area contributed by atoms with E-state index in [0.717, 1.165) is 0 Å². The van der Waals surface area contributed by atoms with Gasteiger partial charge in [0.25, 0.3) is 5.91 Å². The van der Waals surface area contributed by atoms with E-state index in [2.05, 4.69) is 20.5 Å². The van der Waals surface area contributed by atoms with Gasteiger partial charge in [-0.1, -0.05) is 40.9 Å². The van der Waals surface area contributed by atoms with E-state index in [9.17, 15) is 4.79 Å². The molecular formula is C12H8Cl3N5O. The largest absolute Gasteiger partial charge is 0.396 e. The fourth-order valence-electron chi connectivity index (χ4n) is 1.35. The predicted octanol–water partition coefficient (Wildman–Crippen LogP) is 2.78. The van der Waals surface area contributed by atoms with Crippen LogP contribution in [-0.2, 0) is 0 Å². The van der Waals surface area contributed by atoms with Gasteiger partial charge in [-0.05, 0) is 6.07 Å². The van der Waals surface area contributed by atoms with Crippen molar-refractivity contribution in [2.75, 3.05) is 5.73 Å². The molecule has 0 radical (unpaired) electrons. The second kappa shape index (κ2) is 6.71. The van der Waals surface area contributed by atoms with Gasteiger partial charge in [-0.15, -0.1) is 0 Å². The Morgan fingerprint density at radius 1 is 1.33 bits per heavy atom. The lowest BCUT2D eigenvalue weighted by atomic mass is 10.3. The van der Waals surface area contributed by atoms with E-state index in [1.54, 1.807) is 24.5 Å². The lowest BCUT2D eigenvalue weighted by Gasteiger charge is -2.07. The summed E-state index contributed by atoms with van der Waals surface area (Å²) in [4.78, 5) is 19.6. The number of anilines is 1. The zero-order chi connectivity index (χ0) is 15.4. The van der Waals surface area contributed by atoms with Gasteiger partial charge in [-0.3, -0.25) is 9.78 Å². The average Bonchev–Trinajstić information content (AvgIpc) is 2.49. The fourth-order valence-corrected chi connectivity index (χ4v) is 1.95. The standard InChI is InChI=1S/C12H8Cl3N5O/c13-7-9(16)8(14)11(15)19-10(7)12(21)20-18-5-6-2-1-3-17-4-6/h1-5H,(H2,16,19)(H,20,21). The van der Waals surface area contributed by atoms with Crippen LogP contribution in [0.3, 0.4) is 0 Å². The Bertz CT molecular complexity index is 706. The SMILES string of the molecule is Nc1c(Cl)c(Cl)nc(C(=O)NN=Cc2cccnc2)c1Cl. The highest BCUT2D eigenvalue weighted by Gasteiger charge is 2.19. The van der Waals surface area contributed by atoms with Crippen molar-refractivity contribution in [3.63, 3.8) is 0 Å². The number of nitrogens with two attached hydrogens (primary N) is 1. The summed E-state index contributed by atoms with van der Waals surface area (Å²) in [6.45, 7) is 0. The first-order valence-corrected chi connectivity index (χ1v) is 6.67. The molecule has 0 spiro atoms. The normalized spacial score (nSPS) is 10.8. The summed E-state index contributed by atoms with van der Waals surface area (Å²) in [6, 6.07) is 3.51. The second-order valence-electron chi connectivity index (χ2n) is 3.78. The van der Waals surface area contributed by atoms with Crippen LogP contribution in [0.2, 0.25) is 15.2 Å². The van der Waals surface area contributed by atoms with Crippen LogP contribution in [-0.4, -0.2) is 22.1 Å². The van der Waals surface area contributed by atoms with Gasteiger partial charge in [0.2, 0.25) is 0 Å². The molecule has 0 aromatic carbocycles. The molecule has 0 saturated carbocycles. The Morgan fingerprint density at radius 3 is 2.76 bits per heavy atom. The number of hydrazone groups is 1. The number of aromatic nitrogens is 2. The first-order chi connectivity index (χ1) is 10.0. The van der Waals surface area contributed by atoms with Crippen LogP contribution in [0.1, 0.15) is 16.1 Å². The molecule has 1 amide bonds. The van der Waals surface area contributed by atoms with Crippen molar-refractivity contribution >= 4 is 52.6 Å². The van der Waals surface area contributed by atoms with Gasteiger partial charge in [0.15, 0.2) is 10.8 Å². The maximum absolute atomic E-state index is 11.9. The number of hydrogen-bond donors (Lipinski definition) is 2. The number of nitrogens with one attached hydrogen (secondary N) is 1. The van der Waals surface area contributed by atoms with Gasteiger partial charge in [-0.2, -0.15) is 5.10 Å². The summed E-state index contributed by atoms with van der Waals surface area (Å²) < 4.78 is 0. The number of amides is 1. The number of halogens is 3. The first-order valence-electron chi connectivity index (χ1n) is 5.54. The second-order valence-corrected chi connectivity index (χ2v) is 4.89. The number of carbonyl (C=O) groups is 1. The lowest BCUT2D eigenvalue weighted by Crippen LogP contribution is -2.20. The van der Waals surface area contributed by atoms with Crippen molar-refractivity contribution in [1.82, 2.24) is 15.4 Å². The Morgan fingerprint density at radius 2 is 2.10 bits per heavy atom. The minimum Gasteiger partial charge on any atom is -0.396 e. The van der Waals surface area contributed by atoms with Crippen molar-refractivity contribution in [3.05, 3.63) is 51.0 Å². The van der Waals surface area contributed by atoms with Crippen molar-refractivity contribution in [1.29, 1.82) is 0 Å². The number of pyridine rings is 2. The molecule has 108 valence electrons. The maximum Gasteiger partial charge on any atom is 0.291 e. The molecule has 0 saturated heterocycles. The number of hydrogen-bond acceptors (Lipinski definition) is 5. The van der Waals surface area contributed by atoms with Gasteiger partial charge in [0, 0.05) is 18.0 Å². The Balaban J connectivity index is 2.16. The fraction of sp³-hybridized carbons (Fsp3) is 0. The highest BCUT2D eigenvalue weighted by Crippen LogP contribution is 2.34. The molecule has 3 N–H and O–H groups in total. The van der Waals surface area contributed by atoms with Crippen LogP contribution in [0.25, 0.3) is 0 Å². The van der Waals surface area contributed by atoms with Crippen LogP contribution in [0, 0.1) is 0 Å². The van der Waals surface area contributed by atoms with E-state index in [0.29, 0.717) is 5.56 Å². The predicted molar refractivity (Wildman–Crippen MR) is 83.0 cm³/mol. The van der Waals surface area contributed by atoms with Gasteiger partial charge < -0.3 is 5.73 Å². The van der Waals surface area contributed by atoms with E-state index >= 15 is 0 Å². The summed E-state index contributed by atoms with van der Waals surface area (Å²) in [5.74, 6) is -0.662. The van der Waals surface area contributed by atoms with Crippen molar-refractivity contribution in [2.24, 2.45) is 5.10 Å². The van der Waals surface area contributed by atoms with E-state index < -0.39 is 5.91 Å². The number of carbonyl (C=O) groups excluding carboxylic acids is 1. The van der Waals surface area contributed by atoms with Gasteiger partial charge >= 0.3 is 0 Å². The molecule has 6 nitrogen and oxygen atoms in total. The molecule has 0 atom stereocenters. The molecule has 0 unspecified atom stereocenters. The van der Waals surface area contributed by atoms with Crippen LogP contribution >= 0.6 is 34.8 Å². The van der Waals surface area contributed by atoms with Crippen LogP contribution < -0.4 is 11.2 Å². The van der Waals surface area contributed by atoms with Gasteiger partial charge in [0.05, 0.1) is 16.9 Å². The molecular weight excluding hydrogens is 337 g/mol. The first kappa shape index (κ1) is 15.5. The molecule has 0 bridgehead atoms. The maximum atomic E-state index is 11.9. The molecule has 0 aliphatic carbocycles. The molecule has 2 heterocycles. The van der Waals surface area contributed by atoms with Gasteiger partial charge in [-0.25, -0.2) is 10.4 Å². The number of rotatable bonds is 3. The minimum atomic E-state index is -0.662. The molecule has 2 aromatic rings. The van der Waals surface area contributed by atoms with Crippen molar-refractivity contribution < 1.29 is 4.79 Å². The van der Waals surface area contributed by atoms with E-state index in [4.69, 9.17) is 40.5 Å². The van der Waals surface area contributed by atoms with Crippen molar-refractivity contribution in [3.8, 4) is 0 Å². The van der Waals surface area contributed by atoms with Crippen LogP contribution in [0.4, 0.5) is 5.69 Å². The number of nitrogen functional groups attached to an aromatic ring is 1. The Hall–Kier alpha value is -1.89. The smallest absolute Gasteiger partial charge is 0.291 e. The summed E-state index contributed by atoms with van der Waals surface area (Å²) >= 11 is 17.4. The average molecular weight is 345 g/mol. The Kier molecular flexibility index (Phi) is 4.95. The molecule has 0 aliphatic heterocycles. The molecule has 2 aromatic heterocycles. The summed E-state index contributed by atoms with van der Waals surface area (Å²) in [5, 5.41) is 3.56. The third kappa shape index (κ3) is 3.60. The number of nitrogens with zero attached hydrogens (tertiary/aromatic N) is 3. The molecule has 0 aliphatic rings. The van der Waals surface area contributed by atoms with E-state index in [1.807, 2.05) is 0 Å². The quantitative estimate of drug-likeness (QED) is 0.508. The molecule has 9 heteroatoms. The van der Waals surface area contributed by atoms with Crippen LogP contribution in [0.5, 0.6) is 0 Å². The molecule has 0 fully saturated rings. The van der Waals surface area contributed by atoms with Gasteiger partial charge in [0.1, 0.15) is 5.02 Å². The monoisotopic (exact) mass is 343 g/mol. The summed E-state index contributed by atoms with van der Waals surface area (Å²) in [5.41, 5.74) is 8.43. The van der Waals surface area contributed by atoms with E-state index in [1.165, 1.54) is 6.21 Å². The summed E-state index contributed by atoms with van der Waals surface area (Å²) in [7, 11) is 0. The highest BCUT2D eigenvalue weighted by molar-refractivity contribution is 6.46. The zero-order valence-electron chi connectivity index (χ0n) is 10.3. The van der Waals surface area contributed by atoms with Crippen molar-refractivity contribution in [2.45, 2.75) is 0 Å². The van der Waals surface area contributed by atoms with E-state index in [-0.39, 0.29) is 26.6 Å². The zero-order valence-corrected chi connectivity index (χ0v) is 12.6. The third-order valence-corrected chi connectivity index (χ3v) is 3.49. The Labute approximate surface area is 134 Å². The minimum absolute atomic E-state index is 0.00271. The van der Waals surface area contributed by atoms with Crippen LogP contribution in [0.15, 0.2) is 29.6 Å². The lowest BCUT2D eigenvalue weighted by molar-refractivity contribution is 0.0950. The molecule has 2 rings (SSSR count). The third-order valence-electron chi connectivity index (χ3n) is 2.35. The molecule has 21 heavy (non-hydrogen) atoms. The summed E-state index contributed by atoms with van der Waals surface area (Å²) in [6.07, 6.45) is 4.62. The highest BCUT2D eigenvalue weighted by atomic mass is 35.5. The topological polar surface area (TPSA) is 93.3 Å².